The van der Waals surface area contributed by atoms with E-state index in [1.165, 1.54) is 36.0 Å². The number of carboxylic acids is 2. The van der Waals surface area contributed by atoms with Gasteiger partial charge in [0, 0.05) is 44.1 Å². The number of carbonyl (C=O) groups is 2. The molecule has 2 atom stereocenters. The normalized spacial score (nSPS) is 21.2. The smallest absolute Gasteiger partial charge is 1.00 e. The van der Waals surface area contributed by atoms with Crippen molar-refractivity contribution in [3.05, 3.63) is 81.4 Å². The van der Waals surface area contributed by atoms with Gasteiger partial charge in [0.15, 0.2) is 6.04 Å². The molecule has 0 saturated carbocycles. The third-order valence-corrected chi connectivity index (χ3v) is 10.4. The molecular weight excluding hydrogens is 747 g/mol. The van der Waals surface area contributed by atoms with Gasteiger partial charge in [-0.2, -0.15) is 0 Å². The number of hydrogen-bond donors (Lipinski definition) is 3. The molecule has 50 heavy (non-hydrogen) atoms. The van der Waals surface area contributed by atoms with E-state index in [9.17, 15) is 28.6 Å². The molecule has 2 aromatic carbocycles. The molecular formula is C34H38Cl2F2N4Na2O4S2. The fraction of sp³-hybridized carbons (Fsp3) is 0.412. The summed E-state index contributed by atoms with van der Waals surface area (Å²) in [6.45, 7) is 8.55. The van der Waals surface area contributed by atoms with Crippen molar-refractivity contribution < 1.29 is 100 Å². The van der Waals surface area contributed by atoms with Crippen molar-refractivity contribution in [2.45, 2.75) is 65.5 Å². The Morgan fingerprint density at radius 1 is 0.740 bits per heavy atom. The Kier molecular flexibility index (Phi) is 18.6. The summed E-state index contributed by atoms with van der Waals surface area (Å²) in [6.07, 6.45) is 3.20. The van der Waals surface area contributed by atoms with E-state index in [-0.39, 0.29) is 106 Å². The van der Waals surface area contributed by atoms with Crippen molar-refractivity contribution in [3.8, 4) is 0 Å². The Labute approximate surface area is 357 Å². The van der Waals surface area contributed by atoms with Crippen LogP contribution in [0, 0.1) is 22.5 Å². The van der Waals surface area contributed by atoms with E-state index in [0.717, 1.165) is 69.7 Å². The van der Waals surface area contributed by atoms with E-state index in [1.807, 2.05) is 0 Å². The number of allylic oxidation sites excluding steroid dienone is 4. The zero-order chi connectivity index (χ0) is 33.2. The standard InChI is InChI=1S/2C17H19FN2O2S.2ClH.2Na/c2*1-17(2)7-12(19-11-5-3-10(18)4-6-11)15-13(8-17)20-14(9-23-15)16(21)22;;;;/h2*3-6,14,19H,7-9H2,1-2H3,(H,21,22);2*1H;;/q;;;;2*+1/p-2. The van der Waals surface area contributed by atoms with Gasteiger partial charge in [-0.3, -0.25) is 9.98 Å². The Hall–Kier alpha value is -1.06. The van der Waals surface area contributed by atoms with Crippen molar-refractivity contribution in [2.24, 2.45) is 20.8 Å². The molecule has 0 fully saturated rings. The van der Waals surface area contributed by atoms with Gasteiger partial charge in [0.1, 0.15) is 11.6 Å². The summed E-state index contributed by atoms with van der Waals surface area (Å²) in [7, 11) is 0. The molecule has 0 spiro atoms. The minimum absolute atomic E-state index is 0. The summed E-state index contributed by atoms with van der Waals surface area (Å²) in [5.74, 6) is -1.71. The molecule has 2 aliphatic carbocycles. The van der Waals surface area contributed by atoms with Crippen LogP contribution in [-0.4, -0.2) is 52.1 Å². The molecule has 6 rings (SSSR count). The molecule has 4 aliphatic rings. The predicted molar refractivity (Wildman–Crippen MR) is 187 cm³/mol. The summed E-state index contributed by atoms with van der Waals surface area (Å²) in [5, 5.41) is 27.0. The maximum atomic E-state index is 13.1. The van der Waals surface area contributed by atoms with E-state index in [2.05, 4.69) is 48.3 Å². The monoisotopic (exact) mass is 784 g/mol. The molecule has 2 unspecified atom stereocenters. The number of anilines is 2. The van der Waals surface area contributed by atoms with Crippen LogP contribution in [0.4, 0.5) is 20.2 Å². The number of carbonyl (C=O) groups excluding carboxylic acids is 1. The number of rotatable bonds is 6. The third kappa shape index (κ3) is 12.5. The van der Waals surface area contributed by atoms with Gasteiger partial charge in [0.2, 0.25) is 0 Å². The number of halogens is 4. The number of aliphatic carboxylic acids is 2. The fourth-order valence-electron chi connectivity index (χ4n) is 5.85. The number of aliphatic imine (C=N–C) groups is 2. The average molecular weight is 786 g/mol. The van der Waals surface area contributed by atoms with Crippen LogP contribution < -0.4 is 87.3 Å². The summed E-state index contributed by atoms with van der Waals surface area (Å²) < 4.78 is 26.1. The van der Waals surface area contributed by atoms with Crippen LogP contribution in [0.25, 0.3) is 0 Å². The molecule has 0 saturated heterocycles. The van der Waals surface area contributed by atoms with Gasteiger partial charge in [0.25, 0.3) is 0 Å². The van der Waals surface area contributed by atoms with Gasteiger partial charge in [0.05, 0.1) is 23.4 Å². The van der Waals surface area contributed by atoms with Crippen molar-refractivity contribution >= 4 is 70.7 Å². The second-order valence-electron chi connectivity index (χ2n) is 13.4. The van der Waals surface area contributed by atoms with Crippen molar-refractivity contribution in [1.29, 1.82) is 0 Å². The van der Waals surface area contributed by atoms with Crippen LogP contribution in [0.3, 0.4) is 0 Å². The minimum atomic E-state index is -1.12. The first-order chi connectivity index (χ1) is 21.7. The molecule has 2 heterocycles. The predicted octanol–water partition coefficient (Wildman–Crippen LogP) is -2.08. The van der Waals surface area contributed by atoms with Crippen LogP contribution in [0.5, 0.6) is 0 Å². The maximum absolute atomic E-state index is 13.1. The molecule has 2 aromatic rings. The second kappa shape index (κ2) is 19.9. The summed E-state index contributed by atoms with van der Waals surface area (Å²) in [5.41, 5.74) is 5.39. The zero-order valence-corrected chi connectivity index (χ0v) is 36.1. The van der Waals surface area contributed by atoms with Gasteiger partial charge in [-0.25, -0.2) is 13.6 Å². The Balaban J connectivity index is 0.000000463. The number of carboxylic acid groups (broad SMARTS) is 2. The zero-order valence-electron chi connectivity index (χ0n) is 28.9. The summed E-state index contributed by atoms with van der Waals surface area (Å²) >= 11 is 3.05. The quantitative estimate of drug-likeness (QED) is 0.286. The molecule has 0 amide bonds. The summed E-state index contributed by atoms with van der Waals surface area (Å²) in [4.78, 5) is 33.2. The molecule has 16 heteroatoms. The molecule has 260 valence electrons. The van der Waals surface area contributed by atoms with E-state index in [0.29, 0.717) is 11.5 Å². The Bertz CT molecular complexity index is 1540. The van der Waals surface area contributed by atoms with Crippen LogP contribution in [0.15, 0.2) is 79.7 Å². The summed E-state index contributed by atoms with van der Waals surface area (Å²) in [6, 6.07) is 11.0. The first kappa shape index (κ1) is 47.0. The van der Waals surface area contributed by atoms with Gasteiger partial charge in [-0.1, -0.05) is 27.7 Å². The molecule has 0 aromatic heterocycles. The number of nitrogens with zero attached hydrogens (tertiary/aromatic N) is 2. The van der Waals surface area contributed by atoms with Crippen molar-refractivity contribution in [1.82, 2.24) is 0 Å². The minimum Gasteiger partial charge on any atom is -1.00 e. The second-order valence-corrected chi connectivity index (χ2v) is 15.4. The number of benzene rings is 2. The van der Waals surface area contributed by atoms with Gasteiger partial charge >= 0.3 is 65.1 Å². The Morgan fingerprint density at radius 3 is 1.46 bits per heavy atom. The van der Waals surface area contributed by atoms with E-state index < -0.39 is 24.0 Å². The molecule has 8 nitrogen and oxygen atoms in total. The van der Waals surface area contributed by atoms with Crippen molar-refractivity contribution in [2.75, 3.05) is 22.1 Å². The first-order valence-electron chi connectivity index (χ1n) is 15.0. The fourth-order valence-corrected chi connectivity index (χ4v) is 8.10. The molecule has 2 aliphatic heterocycles. The average Bonchev–Trinajstić information content (AvgIpc) is 2.98. The topological polar surface area (TPSA) is 126 Å². The van der Waals surface area contributed by atoms with Crippen molar-refractivity contribution in [3.63, 3.8) is 0 Å². The van der Waals surface area contributed by atoms with E-state index in [1.54, 1.807) is 36.0 Å². The maximum Gasteiger partial charge on any atom is 1.00 e. The molecule has 0 bridgehead atoms. The van der Waals surface area contributed by atoms with Gasteiger partial charge < -0.3 is 38.0 Å². The number of nitrogens with one attached hydrogen (secondary N) is 2. The van der Waals surface area contributed by atoms with E-state index >= 15 is 0 Å². The van der Waals surface area contributed by atoms with Crippen LogP contribution in [0.2, 0.25) is 0 Å². The number of fused-ring (bicyclic) bond motifs is 2. The van der Waals surface area contributed by atoms with Crippen LogP contribution >= 0.6 is 35.9 Å². The number of thioether (sulfide) groups is 2. The largest absolute Gasteiger partial charge is 1.00 e. The number of hydrogen-bond acceptors (Lipinski definition) is 9. The van der Waals surface area contributed by atoms with Gasteiger partial charge in [-0.05, 0) is 85.0 Å². The Morgan fingerprint density at radius 2 is 1.10 bits per heavy atom. The first-order valence-corrected chi connectivity index (χ1v) is 17.0. The SMILES string of the molecule is CC1(C)CC2=NC(C(=O)O)CSC2=C(Nc2ccc(F)cc2)C1.CC1(C)CC2=NC(C(=O)[O-])CSC2=C(Nc2ccc(F)cc2)C1.Cl.[Cl-].[Na+].[Na+]. The third-order valence-electron chi connectivity index (χ3n) is 7.91. The van der Waals surface area contributed by atoms with E-state index in [4.69, 9.17) is 0 Å². The molecule has 3 N–H and O–H groups in total. The molecule has 0 radical (unpaired) electrons. The van der Waals surface area contributed by atoms with Gasteiger partial charge in [-0.15, -0.1) is 35.9 Å². The van der Waals surface area contributed by atoms with Crippen LogP contribution in [-0.2, 0) is 9.59 Å². The van der Waals surface area contributed by atoms with Crippen LogP contribution in [0.1, 0.15) is 53.4 Å².